The van der Waals surface area contributed by atoms with Crippen LogP contribution in [0.25, 0.3) is 0 Å². The standard InChI is InChI=1S/C17H19ClN2O/c1-4-14-7-6-13(3)20(10-14)11-17(21)19-16-8-5-12(2)9-15(16)18/h5-10H,4,11H2,1-3H3/p+1. The topological polar surface area (TPSA) is 33.0 Å². The lowest BCUT2D eigenvalue weighted by molar-refractivity contribution is -0.690. The van der Waals surface area contributed by atoms with E-state index in [-0.39, 0.29) is 12.5 Å². The van der Waals surface area contributed by atoms with Crippen LogP contribution >= 0.6 is 11.6 Å². The van der Waals surface area contributed by atoms with E-state index in [1.807, 2.05) is 48.9 Å². The molecule has 0 aliphatic carbocycles. The molecule has 110 valence electrons. The number of halogens is 1. The molecule has 0 fully saturated rings. The van der Waals surface area contributed by atoms with Gasteiger partial charge in [0.1, 0.15) is 0 Å². The minimum absolute atomic E-state index is 0.0814. The summed E-state index contributed by atoms with van der Waals surface area (Å²) in [5.74, 6) is -0.0814. The molecule has 2 rings (SSSR count). The van der Waals surface area contributed by atoms with Crippen LogP contribution in [-0.4, -0.2) is 5.91 Å². The largest absolute Gasteiger partial charge is 0.319 e. The molecule has 0 aliphatic heterocycles. The van der Waals surface area contributed by atoms with Gasteiger partial charge in [-0.15, -0.1) is 0 Å². The molecule has 1 aromatic heterocycles. The van der Waals surface area contributed by atoms with Crippen molar-refractivity contribution in [2.24, 2.45) is 0 Å². The van der Waals surface area contributed by atoms with E-state index >= 15 is 0 Å². The van der Waals surface area contributed by atoms with Gasteiger partial charge in [-0.25, -0.2) is 0 Å². The summed E-state index contributed by atoms with van der Waals surface area (Å²) in [6.45, 7) is 6.34. The van der Waals surface area contributed by atoms with Crippen LogP contribution in [0.4, 0.5) is 5.69 Å². The normalized spacial score (nSPS) is 10.5. The molecule has 3 nitrogen and oxygen atoms in total. The predicted octanol–water partition coefficient (Wildman–Crippen LogP) is 3.45. The van der Waals surface area contributed by atoms with Gasteiger partial charge in [-0.2, -0.15) is 4.57 Å². The van der Waals surface area contributed by atoms with E-state index < -0.39 is 0 Å². The molecule has 1 N–H and O–H groups in total. The molecule has 4 heteroatoms. The summed E-state index contributed by atoms with van der Waals surface area (Å²) >= 11 is 6.13. The summed E-state index contributed by atoms with van der Waals surface area (Å²) < 4.78 is 1.95. The smallest absolute Gasteiger partial charge is 0.290 e. The SMILES string of the molecule is CCc1ccc(C)[n+](CC(=O)Nc2ccc(C)cc2Cl)c1. The highest BCUT2D eigenvalue weighted by molar-refractivity contribution is 6.33. The number of hydrogen-bond acceptors (Lipinski definition) is 1. The lowest BCUT2D eigenvalue weighted by Crippen LogP contribution is -2.43. The molecular weight excluding hydrogens is 284 g/mol. The minimum atomic E-state index is -0.0814. The second-order valence-electron chi connectivity index (χ2n) is 5.19. The van der Waals surface area contributed by atoms with Crippen LogP contribution in [0.3, 0.4) is 0 Å². The average Bonchev–Trinajstić information content (AvgIpc) is 2.44. The number of carbonyl (C=O) groups excluding carboxylic acids is 1. The van der Waals surface area contributed by atoms with Gasteiger partial charge in [-0.1, -0.05) is 24.6 Å². The molecule has 2 aromatic rings. The summed E-state index contributed by atoms with van der Waals surface area (Å²) in [6, 6.07) is 9.71. The van der Waals surface area contributed by atoms with Gasteiger partial charge < -0.3 is 5.32 Å². The quantitative estimate of drug-likeness (QED) is 0.862. The van der Waals surface area contributed by atoms with Crippen molar-refractivity contribution in [3.05, 3.63) is 58.4 Å². The molecule has 0 saturated heterocycles. The average molecular weight is 304 g/mol. The summed E-state index contributed by atoms with van der Waals surface area (Å²) in [5, 5.41) is 3.42. The maximum Gasteiger partial charge on any atom is 0.290 e. The Morgan fingerprint density at radius 2 is 2.00 bits per heavy atom. The first-order valence-corrected chi connectivity index (χ1v) is 7.42. The third-order valence-electron chi connectivity index (χ3n) is 3.43. The van der Waals surface area contributed by atoms with E-state index in [9.17, 15) is 4.79 Å². The Morgan fingerprint density at radius 1 is 1.24 bits per heavy atom. The molecule has 0 unspecified atom stereocenters. The Labute approximate surface area is 130 Å². The van der Waals surface area contributed by atoms with Crippen LogP contribution in [0.1, 0.15) is 23.7 Å². The van der Waals surface area contributed by atoms with Crippen LogP contribution < -0.4 is 9.88 Å². The Balaban J connectivity index is 2.11. The molecule has 0 atom stereocenters. The molecule has 0 bridgehead atoms. The van der Waals surface area contributed by atoms with E-state index in [4.69, 9.17) is 11.6 Å². The summed E-state index contributed by atoms with van der Waals surface area (Å²) in [4.78, 5) is 12.2. The number of benzene rings is 1. The van der Waals surface area contributed by atoms with Crippen molar-refractivity contribution in [1.82, 2.24) is 0 Å². The summed E-state index contributed by atoms with van der Waals surface area (Å²) in [7, 11) is 0. The zero-order valence-corrected chi connectivity index (χ0v) is 13.4. The third-order valence-corrected chi connectivity index (χ3v) is 3.75. The van der Waals surface area contributed by atoms with Gasteiger partial charge in [0.25, 0.3) is 5.91 Å². The first-order valence-electron chi connectivity index (χ1n) is 7.04. The number of hydrogen-bond donors (Lipinski definition) is 1. The lowest BCUT2D eigenvalue weighted by Gasteiger charge is -2.07. The first kappa shape index (κ1) is 15.5. The molecule has 0 spiro atoms. The van der Waals surface area contributed by atoms with Crippen LogP contribution in [0.15, 0.2) is 36.5 Å². The first-order chi connectivity index (χ1) is 9.99. The number of aromatic nitrogens is 1. The van der Waals surface area contributed by atoms with Crippen molar-refractivity contribution in [1.29, 1.82) is 0 Å². The summed E-state index contributed by atoms with van der Waals surface area (Å²) in [6.07, 6.45) is 2.97. The number of pyridine rings is 1. The van der Waals surface area contributed by atoms with Crippen LogP contribution in [0, 0.1) is 13.8 Å². The van der Waals surface area contributed by atoms with Crippen molar-refractivity contribution in [2.45, 2.75) is 33.7 Å². The highest BCUT2D eigenvalue weighted by atomic mass is 35.5. The molecular formula is C17H20ClN2O+. The minimum Gasteiger partial charge on any atom is -0.319 e. The fourth-order valence-electron chi connectivity index (χ4n) is 2.11. The van der Waals surface area contributed by atoms with Gasteiger partial charge in [-0.3, -0.25) is 4.79 Å². The second-order valence-corrected chi connectivity index (χ2v) is 5.60. The van der Waals surface area contributed by atoms with Crippen LogP contribution in [0.5, 0.6) is 0 Å². The van der Waals surface area contributed by atoms with Gasteiger partial charge in [0.15, 0.2) is 11.9 Å². The van der Waals surface area contributed by atoms with Crippen molar-refractivity contribution in [2.75, 3.05) is 5.32 Å². The maximum absolute atomic E-state index is 12.2. The van der Waals surface area contributed by atoms with E-state index in [1.165, 1.54) is 5.56 Å². The number of anilines is 1. The van der Waals surface area contributed by atoms with Crippen molar-refractivity contribution in [3.8, 4) is 0 Å². The van der Waals surface area contributed by atoms with Crippen molar-refractivity contribution in [3.63, 3.8) is 0 Å². The number of carbonyl (C=O) groups is 1. The second kappa shape index (κ2) is 6.72. The van der Waals surface area contributed by atoms with Gasteiger partial charge in [0.05, 0.1) is 10.7 Å². The highest BCUT2D eigenvalue weighted by Crippen LogP contribution is 2.22. The zero-order chi connectivity index (χ0) is 15.4. The Morgan fingerprint density at radius 3 is 2.67 bits per heavy atom. The predicted molar refractivity (Wildman–Crippen MR) is 85.6 cm³/mol. The Bertz CT molecular complexity index is 668. The molecule has 1 amide bonds. The fraction of sp³-hybridized carbons (Fsp3) is 0.294. The fourth-order valence-corrected chi connectivity index (χ4v) is 2.40. The Kier molecular flexibility index (Phi) is 4.97. The van der Waals surface area contributed by atoms with Crippen molar-refractivity contribution >= 4 is 23.2 Å². The van der Waals surface area contributed by atoms with Gasteiger partial charge in [-0.05, 0) is 37.1 Å². The van der Waals surface area contributed by atoms with E-state index in [1.54, 1.807) is 0 Å². The summed E-state index contributed by atoms with van der Waals surface area (Å²) in [5.41, 5.74) is 3.98. The number of nitrogens with zero attached hydrogens (tertiary/aromatic N) is 1. The molecule has 21 heavy (non-hydrogen) atoms. The maximum atomic E-state index is 12.2. The number of amides is 1. The van der Waals surface area contributed by atoms with E-state index in [0.29, 0.717) is 10.7 Å². The third kappa shape index (κ3) is 4.05. The number of rotatable bonds is 4. The van der Waals surface area contributed by atoms with Crippen molar-refractivity contribution < 1.29 is 9.36 Å². The zero-order valence-electron chi connectivity index (χ0n) is 12.6. The molecule has 0 aliphatic rings. The lowest BCUT2D eigenvalue weighted by atomic mass is 10.2. The van der Waals surface area contributed by atoms with Gasteiger partial charge in [0, 0.05) is 18.6 Å². The Hall–Kier alpha value is -1.87. The van der Waals surface area contributed by atoms with Crippen LogP contribution in [0.2, 0.25) is 5.02 Å². The molecule has 0 radical (unpaired) electrons. The number of aryl methyl sites for hydroxylation is 3. The molecule has 1 heterocycles. The molecule has 1 aromatic carbocycles. The van der Waals surface area contributed by atoms with Gasteiger partial charge >= 0.3 is 0 Å². The van der Waals surface area contributed by atoms with E-state index in [2.05, 4.69) is 18.3 Å². The monoisotopic (exact) mass is 303 g/mol. The van der Waals surface area contributed by atoms with Crippen LogP contribution in [-0.2, 0) is 17.8 Å². The number of nitrogens with one attached hydrogen (secondary N) is 1. The van der Waals surface area contributed by atoms with E-state index in [0.717, 1.165) is 17.7 Å². The van der Waals surface area contributed by atoms with Gasteiger partial charge in [0.2, 0.25) is 6.54 Å². The molecule has 0 saturated carbocycles. The highest BCUT2D eigenvalue weighted by Gasteiger charge is 2.14.